The molecule has 1 N–H and O–H groups in total. The van der Waals surface area contributed by atoms with Gasteiger partial charge in [-0.25, -0.2) is 0 Å². The van der Waals surface area contributed by atoms with E-state index in [0.717, 1.165) is 29.1 Å². The molecule has 0 aliphatic carbocycles. The van der Waals surface area contributed by atoms with Crippen molar-refractivity contribution < 1.29 is 4.79 Å². The van der Waals surface area contributed by atoms with E-state index in [9.17, 15) is 4.79 Å². The molecule has 0 saturated heterocycles. The molecule has 3 heteroatoms. The standard InChI is InChI=1S/C8H16NO.Sn.H/c1-5-9-7(10)6-8(2,3)4;;/h6H,5H2,1-4H3,(H,9,10);;. The van der Waals surface area contributed by atoms with Crippen LogP contribution in [0.3, 0.4) is 0 Å². The molecule has 64 valence electrons. The van der Waals surface area contributed by atoms with Crippen LogP contribution in [0.2, 0.25) is 3.93 Å². The molecule has 0 fully saturated rings. The first kappa shape index (κ1) is 11.3. The molecule has 0 aromatic heterocycles. The van der Waals surface area contributed by atoms with E-state index in [2.05, 4.69) is 26.1 Å². The van der Waals surface area contributed by atoms with Gasteiger partial charge in [-0.2, -0.15) is 0 Å². The van der Waals surface area contributed by atoms with Crippen LogP contribution in [0.15, 0.2) is 0 Å². The molecule has 2 nitrogen and oxygen atoms in total. The van der Waals surface area contributed by atoms with Crippen molar-refractivity contribution in [2.45, 2.75) is 31.6 Å². The van der Waals surface area contributed by atoms with Crippen molar-refractivity contribution in [1.29, 1.82) is 0 Å². The van der Waals surface area contributed by atoms with Crippen molar-refractivity contribution in [3.8, 4) is 0 Å². The Morgan fingerprint density at radius 1 is 1.55 bits per heavy atom. The second-order valence-corrected chi connectivity index (χ2v) is 5.64. The third-order valence-electron chi connectivity index (χ3n) is 1.57. The molecular formula is C8H17NOSn. The second-order valence-electron chi connectivity index (χ2n) is 3.74. The fourth-order valence-corrected chi connectivity index (χ4v) is 1.01. The fourth-order valence-electron chi connectivity index (χ4n) is 0.677. The SMILES string of the molecule is CCNC(=O)[CH]([SnH])C(C)(C)C. The predicted molar refractivity (Wildman–Crippen MR) is 49.0 cm³/mol. The summed E-state index contributed by atoms with van der Waals surface area (Å²) >= 11 is 1.000. The van der Waals surface area contributed by atoms with Gasteiger partial charge >= 0.3 is 82.1 Å². The Hall–Kier alpha value is 0.269. The van der Waals surface area contributed by atoms with E-state index in [1.165, 1.54) is 0 Å². The summed E-state index contributed by atoms with van der Waals surface area (Å²) in [6, 6.07) is 0. The van der Waals surface area contributed by atoms with Crippen LogP contribution in [0.25, 0.3) is 0 Å². The van der Waals surface area contributed by atoms with E-state index < -0.39 is 0 Å². The zero-order valence-corrected chi connectivity index (χ0v) is 11.1. The minimum atomic E-state index is 0.126. The summed E-state index contributed by atoms with van der Waals surface area (Å²) in [5, 5.41) is 2.85. The van der Waals surface area contributed by atoms with Gasteiger partial charge in [-0.05, 0) is 0 Å². The van der Waals surface area contributed by atoms with Gasteiger partial charge in [-0.15, -0.1) is 0 Å². The number of nitrogens with one attached hydrogen (secondary N) is 1. The summed E-state index contributed by atoms with van der Waals surface area (Å²) < 4.78 is 0.216. The van der Waals surface area contributed by atoms with Crippen LogP contribution in [-0.2, 0) is 4.79 Å². The molecule has 11 heavy (non-hydrogen) atoms. The monoisotopic (exact) mass is 263 g/mol. The van der Waals surface area contributed by atoms with Crippen molar-refractivity contribution in [3.63, 3.8) is 0 Å². The molecule has 2 radical (unpaired) electrons. The summed E-state index contributed by atoms with van der Waals surface area (Å²) in [4.78, 5) is 11.3. The van der Waals surface area contributed by atoms with Crippen LogP contribution >= 0.6 is 0 Å². The van der Waals surface area contributed by atoms with Crippen LogP contribution in [-0.4, -0.2) is 35.0 Å². The Labute approximate surface area is 82.2 Å². The van der Waals surface area contributed by atoms with Crippen LogP contribution in [0.1, 0.15) is 27.7 Å². The maximum atomic E-state index is 11.3. The zero-order valence-electron chi connectivity index (χ0n) is 7.77. The molecule has 0 bridgehead atoms. The molecule has 0 aliphatic rings. The van der Waals surface area contributed by atoms with Crippen LogP contribution < -0.4 is 5.32 Å². The van der Waals surface area contributed by atoms with Gasteiger partial charge in [0.05, 0.1) is 0 Å². The van der Waals surface area contributed by atoms with Gasteiger partial charge in [0.15, 0.2) is 0 Å². The summed E-state index contributed by atoms with van der Waals surface area (Å²) in [7, 11) is 0. The molecule has 1 unspecified atom stereocenters. The summed E-state index contributed by atoms with van der Waals surface area (Å²) in [5.41, 5.74) is 0.126. The molecule has 0 saturated carbocycles. The zero-order chi connectivity index (χ0) is 9.07. The Kier molecular flexibility index (Phi) is 4.44. The normalized spacial score (nSPS) is 14.3. The van der Waals surface area contributed by atoms with Crippen molar-refractivity contribution in [2.24, 2.45) is 5.41 Å². The van der Waals surface area contributed by atoms with E-state index in [0.29, 0.717) is 0 Å². The number of hydrogen-bond acceptors (Lipinski definition) is 1. The van der Waals surface area contributed by atoms with Crippen LogP contribution in [0.5, 0.6) is 0 Å². The number of hydrogen-bond donors (Lipinski definition) is 1. The first-order chi connectivity index (χ1) is 4.89. The van der Waals surface area contributed by atoms with E-state index >= 15 is 0 Å². The third kappa shape index (κ3) is 3.99. The molecule has 0 aromatic carbocycles. The van der Waals surface area contributed by atoms with Gasteiger partial charge in [-0.3, -0.25) is 0 Å². The number of amides is 1. The number of carbonyl (C=O) groups is 1. The number of carbonyl (C=O) groups excluding carboxylic acids is 1. The summed E-state index contributed by atoms with van der Waals surface area (Å²) in [6.07, 6.45) is 0. The first-order valence-corrected chi connectivity index (χ1v) is 5.83. The van der Waals surface area contributed by atoms with Gasteiger partial charge in [-0.1, -0.05) is 0 Å². The van der Waals surface area contributed by atoms with Gasteiger partial charge in [0.1, 0.15) is 0 Å². The van der Waals surface area contributed by atoms with Crippen molar-refractivity contribution in [2.75, 3.05) is 6.54 Å². The Balaban J connectivity index is 4.03. The quantitative estimate of drug-likeness (QED) is 0.734. The first-order valence-electron chi connectivity index (χ1n) is 3.93. The van der Waals surface area contributed by atoms with Gasteiger partial charge < -0.3 is 0 Å². The topological polar surface area (TPSA) is 29.1 Å². The van der Waals surface area contributed by atoms with Crippen LogP contribution in [0.4, 0.5) is 0 Å². The van der Waals surface area contributed by atoms with Gasteiger partial charge in [0.2, 0.25) is 0 Å². The summed E-state index contributed by atoms with van der Waals surface area (Å²) in [5.74, 6) is 0.211. The van der Waals surface area contributed by atoms with Crippen molar-refractivity contribution in [3.05, 3.63) is 0 Å². The second kappa shape index (κ2) is 4.33. The fraction of sp³-hybridized carbons (Fsp3) is 0.875. The molecule has 0 rings (SSSR count). The summed E-state index contributed by atoms with van der Waals surface area (Å²) in [6.45, 7) is 9.02. The Morgan fingerprint density at radius 3 is 2.27 bits per heavy atom. The van der Waals surface area contributed by atoms with E-state index in [1.807, 2.05) is 6.92 Å². The van der Waals surface area contributed by atoms with Crippen molar-refractivity contribution >= 4 is 28.4 Å². The molecular weight excluding hydrogens is 245 g/mol. The molecule has 0 spiro atoms. The molecule has 1 amide bonds. The maximum absolute atomic E-state index is 11.3. The number of rotatable bonds is 2. The third-order valence-corrected chi connectivity index (χ3v) is 5.28. The van der Waals surface area contributed by atoms with Crippen molar-refractivity contribution in [1.82, 2.24) is 5.32 Å². The average Bonchev–Trinajstić information content (AvgIpc) is 1.85. The molecule has 0 aliphatic heterocycles. The van der Waals surface area contributed by atoms with Gasteiger partial charge in [0.25, 0.3) is 0 Å². The van der Waals surface area contributed by atoms with Gasteiger partial charge in [0, 0.05) is 0 Å². The molecule has 0 heterocycles. The molecule has 1 atom stereocenters. The average molecular weight is 262 g/mol. The minimum absolute atomic E-state index is 0.126. The Morgan fingerprint density at radius 2 is 2.00 bits per heavy atom. The molecule has 0 aromatic rings. The van der Waals surface area contributed by atoms with E-state index in [1.54, 1.807) is 0 Å². The van der Waals surface area contributed by atoms with Crippen LogP contribution in [0, 0.1) is 5.41 Å². The van der Waals surface area contributed by atoms with E-state index in [4.69, 9.17) is 0 Å². The van der Waals surface area contributed by atoms with E-state index in [-0.39, 0.29) is 15.3 Å². The predicted octanol–water partition coefficient (Wildman–Crippen LogP) is 0.858. The Bertz CT molecular complexity index is 140.